The second kappa shape index (κ2) is 5.15. The molecule has 0 spiro atoms. The van der Waals surface area contributed by atoms with Crippen LogP contribution in [-0.2, 0) is 6.54 Å². The molecule has 0 amide bonds. The molecule has 1 saturated heterocycles. The highest BCUT2D eigenvalue weighted by atomic mass is 16.3. The Labute approximate surface area is 112 Å². The van der Waals surface area contributed by atoms with Gasteiger partial charge in [-0.05, 0) is 25.5 Å². The molecule has 4 nitrogen and oxygen atoms in total. The number of likely N-dealkylation sites (tertiary alicyclic amines) is 1. The maximum Gasteiger partial charge on any atom is 0.226 e. The number of β-amino-alcohol motifs (C(OH)–C–C–N with tert-alkyl or cyclic N) is 1. The van der Waals surface area contributed by atoms with E-state index in [4.69, 9.17) is 4.42 Å². The fraction of sp³-hybridized carbons (Fsp3) is 0.400. The number of aliphatic hydroxyl groups excluding tert-OH is 1. The van der Waals surface area contributed by atoms with Crippen LogP contribution in [0.5, 0.6) is 0 Å². The van der Waals surface area contributed by atoms with Crippen LogP contribution in [0.25, 0.3) is 11.5 Å². The third-order valence-corrected chi connectivity index (χ3v) is 3.48. The number of aliphatic hydroxyl groups is 1. The molecule has 1 aromatic heterocycles. The average Bonchev–Trinajstić information content (AvgIpc) is 3.00. The maximum atomic E-state index is 9.50. The molecule has 1 unspecified atom stereocenters. The number of aromatic nitrogens is 1. The van der Waals surface area contributed by atoms with Crippen LogP contribution in [0.4, 0.5) is 0 Å². The van der Waals surface area contributed by atoms with Crippen LogP contribution in [0, 0.1) is 6.92 Å². The fourth-order valence-corrected chi connectivity index (χ4v) is 2.39. The van der Waals surface area contributed by atoms with E-state index in [1.54, 1.807) is 6.26 Å². The zero-order chi connectivity index (χ0) is 13.2. The molecule has 1 aliphatic heterocycles. The molecular weight excluding hydrogens is 240 g/mol. The first-order valence-electron chi connectivity index (χ1n) is 6.62. The molecule has 0 saturated carbocycles. The van der Waals surface area contributed by atoms with Gasteiger partial charge in [-0.1, -0.05) is 17.7 Å². The fourth-order valence-electron chi connectivity index (χ4n) is 2.39. The quantitative estimate of drug-likeness (QED) is 0.917. The molecule has 1 N–H and O–H groups in total. The van der Waals surface area contributed by atoms with Crippen LogP contribution >= 0.6 is 0 Å². The van der Waals surface area contributed by atoms with Gasteiger partial charge < -0.3 is 9.52 Å². The van der Waals surface area contributed by atoms with Gasteiger partial charge in [0.1, 0.15) is 6.26 Å². The summed E-state index contributed by atoms with van der Waals surface area (Å²) in [4.78, 5) is 6.70. The van der Waals surface area contributed by atoms with Gasteiger partial charge in [0.05, 0.1) is 11.8 Å². The SMILES string of the molecule is Cc1ccc(-c2nc(CN3CCC(O)C3)co2)cc1. The Bertz CT molecular complexity index is 548. The molecule has 1 aromatic carbocycles. The second-order valence-corrected chi connectivity index (χ2v) is 5.19. The largest absolute Gasteiger partial charge is 0.444 e. The van der Waals surface area contributed by atoms with Gasteiger partial charge in [-0.2, -0.15) is 0 Å². The monoisotopic (exact) mass is 258 g/mol. The van der Waals surface area contributed by atoms with E-state index >= 15 is 0 Å². The Morgan fingerprint density at radius 3 is 2.84 bits per heavy atom. The summed E-state index contributed by atoms with van der Waals surface area (Å²) in [5.74, 6) is 0.662. The smallest absolute Gasteiger partial charge is 0.226 e. The highest BCUT2D eigenvalue weighted by Crippen LogP contribution is 2.20. The summed E-state index contributed by atoms with van der Waals surface area (Å²) in [5, 5.41) is 9.50. The maximum absolute atomic E-state index is 9.50. The highest BCUT2D eigenvalue weighted by Gasteiger charge is 2.21. The first kappa shape index (κ1) is 12.4. The lowest BCUT2D eigenvalue weighted by molar-refractivity contribution is 0.174. The number of hydrogen-bond acceptors (Lipinski definition) is 4. The minimum Gasteiger partial charge on any atom is -0.444 e. The Balaban J connectivity index is 1.71. The zero-order valence-corrected chi connectivity index (χ0v) is 11.0. The molecular formula is C15H18N2O2. The summed E-state index contributed by atoms with van der Waals surface area (Å²) in [7, 11) is 0. The van der Waals surface area contributed by atoms with Crippen LogP contribution < -0.4 is 0 Å². The van der Waals surface area contributed by atoms with Crippen molar-refractivity contribution in [2.45, 2.75) is 26.0 Å². The van der Waals surface area contributed by atoms with Crippen molar-refractivity contribution in [2.75, 3.05) is 13.1 Å². The van der Waals surface area contributed by atoms with Crippen molar-refractivity contribution < 1.29 is 9.52 Å². The van der Waals surface area contributed by atoms with Gasteiger partial charge in [0.2, 0.25) is 5.89 Å². The lowest BCUT2D eigenvalue weighted by Crippen LogP contribution is -2.21. The summed E-state index contributed by atoms with van der Waals surface area (Å²) in [6.45, 7) is 4.45. The summed E-state index contributed by atoms with van der Waals surface area (Å²) in [6, 6.07) is 8.14. The van der Waals surface area contributed by atoms with Crippen molar-refractivity contribution in [2.24, 2.45) is 0 Å². The van der Waals surface area contributed by atoms with E-state index in [0.29, 0.717) is 5.89 Å². The molecule has 3 rings (SSSR count). The van der Waals surface area contributed by atoms with E-state index in [9.17, 15) is 5.11 Å². The summed E-state index contributed by atoms with van der Waals surface area (Å²) < 4.78 is 5.53. The van der Waals surface area contributed by atoms with Crippen molar-refractivity contribution in [1.82, 2.24) is 9.88 Å². The Kier molecular flexibility index (Phi) is 3.36. The number of hydrogen-bond donors (Lipinski definition) is 1. The first-order chi connectivity index (χ1) is 9.20. The van der Waals surface area contributed by atoms with Crippen molar-refractivity contribution in [3.63, 3.8) is 0 Å². The van der Waals surface area contributed by atoms with Gasteiger partial charge >= 0.3 is 0 Å². The van der Waals surface area contributed by atoms with E-state index in [1.165, 1.54) is 5.56 Å². The van der Waals surface area contributed by atoms with E-state index in [2.05, 4.69) is 28.9 Å². The summed E-state index contributed by atoms with van der Waals surface area (Å²) >= 11 is 0. The second-order valence-electron chi connectivity index (χ2n) is 5.19. The van der Waals surface area contributed by atoms with Gasteiger partial charge in [-0.3, -0.25) is 4.90 Å². The molecule has 0 radical (unpaired) electrons. The molecule has 1 atom stereocenters. The molecule has 2 aromatic rings. The molecule has 0 aliphatic carbocycles. The number of rotatable bonds is 3. The van der Waals surface area contributed by atoms with Crippen molar-refractivity contribution in [1.29, 1.82) is 0 Å². The molecule has 1 fully saturated rings. The van der Waals surface area contributed by atoms with Crippen LogP contribution in [0.3, 0.4) is 0 Å². The number of benzene rings is 1. The first-order valence-corrected chi connectivity index (χ1v) is 6.62. The van der Waals surface area contributed by atoms with E-state index in [0.717, 1.165) is 37.3 Å². The zero-order valence-electron chi connectivity index (χ0n) is 11.0. The molecule has 19 heavy (non-hydrogen) atoms. The van der Waals surface area contributed by atoms with Gasteiger partial charge in [-0.15, -0.1) is 0 Å². The molecule has 100 valence electrons. The minimum atomic E-state index is -0.191. The van der Waals surface area contributed by atoms with Crippen LogP contribution in [0.15, 0.2) is 34.9 Å². The van der Waals surface area contributed by atoms with Gasteiger partial charge in [0.15, 0.2) is 0 Å². The summed E-state index contributed by atoms with van der Waals surface area (Å²) in [5.41, 5.74) is 3.14. The lowest BCUT2D eigenvalue weighted by atomic mass is 10.1. The van der Waals surface area contributed by atoms with Gasteiger partial charge in [0.25, 0.3) is 0 Å². The normalized spacial score (nSPS) is 20.0. The van der Waals surface area contributed by atoms with Crippen LogP contribution in [0.1, 0.15) is 17.7 Å². The van der Waals surface area contributed by atoms with Crippen LogP contribution in [0.2, 0.25) is 0 Å². The highest BCUT2D eigenvalue weighted by molar-refractivity contribution is 5.53. The van der Waals surface area contributed by atoms with E-state index < -0.39 is 0 Å². The van der Waals surface area contributed by atoms with Crippen molar-refractivity contribution in [3.05, 3.63) is 41.8 Å². The van der Waals surface area contributed by atoms with Crippen molar-refractivity contribution >= 4 is 0 Å². The molecule has 2 heterocycles. The molecule has 1 aliphatic rings. The van der Waals surface area contributed by atoms with Gasteiger partial charge in [0, 0.05) is 25.2 Å². The van der Waals surface area contributed by atoms with E-state index in [1.807, 2.05) is 12.1 Å². The number of oxazole rings is 1. The topological polar surface area (TPSA) is 49.5 Å². The standard InChI is InChI=1S/C15H18N2O2/c1-11-2-4-12(5-3-11)15-16-13(10-19-15)8-17-7-6-14(18)9-17/h2-5,10,14,18H,6-9H2,1H3. The third-order valence-electron chi connectivity index (χ3n) is 3.48. The van der Waals surface area contributed by atoms with Crippen molar-refractivity contribution in [3.8, 4) is 11.5 Å². The van der Waals surface area contributed by atoms with Gasteiger partial charge in [-0.25, -0.2) is 4.98 Å². The summed E-state index contributed by atoms with van der Waals surface area (Å²) in [6.07, 6.45) is 2.37. The number of aryl methyl sites for hydroxylation is 1. The van der Waals surface area contributed by atoms with Crippen LogP contribution in [-0.4, -0.2) is 34.2 Å². The Morgan fingerprint density at radius 2 is 2.16 bits per heavy atom. The Hall–Kier alpha value is -1.65. The molecule has 4 heteroatoms. The Morgan fingerprint density at radius 1 is 1.37 bits per heavy atom. The molecule has 0 bridgehead atoms. The minimum absolute atomic E-state index is 0.191. The number of nitrogens with zero attached hydrogens (tertiary/aromatic N) is 2. The lowest BCUT2D eigenvalue weighted by Gasteiger charge is -2.11. The average molecular weight is 258 g/mol. The predicted molar refractivity (Wildman–Crippen MR) is 72.6 cm³/mol. The van der Waals surface area contributed by atoms with E-state index in [-0.39, 0.29) is 6.10 Å². The predicted octanol–water partition coefficient (Wildman–Crippen LogP) is 2.22. The third kappa shape index (κ3) is 2.85.